The zero-order valence-corrected chi connectivity index (χ0v) is 13.5. The van der Waals surface area contributed by atoms with Gasteiger partial charge in [0, 0.05) is 6.04 Å². The Balaban J connectivity index is 3.24. The first-order chi connectivity index (χ1) is 9.33. The van der Waals surface area contributed by atoms with E-state index in [9.17, 15) is 4.79 Å². The normalized spacial score (nSPS) is 15.5. The number of ether oxygens (including phenoxy) is 1. The molecule has 0 heterocycles. The predicted octanol–water partition coefficient (Wildman–Crippen LogP) is 3.47. The smallest absolute Gasteiger partial charge is 0.330 e. The fourth-order valence-electron chi connectivity index (χ4n) is 2.39. The molecule has 0 saturated heterocycles. The van der Waals surface area contributed by atoms with Gasteiger partial charge in [-0.1, -0.05) is 36.2 Å². The Morgan fingerprint density at radius 1 is 1.25 bits per heavy atom. The average Bonchev–Trinajstić information content (AvgIpc) is 2.37. The fraction of sp³-hybridized carbons (Fsp3) is 0.588. The van der Waals surface area contributed by atoms with Crippen molar-refractivity contribution in [3.05, 3.63) is 34.9 Å². The van der Waals surface area contributed by atoms with Crippen molar-refractivity contribution >= 4 is 5.97 Å². The highest BCUT2D eigenvalue weighted by molar-refractivity contribution is 5.82. The van der Waals surface area contributed by atoms with Gasteiger partial charge in [0.1, 0.15) is 5.54 Å². The molecule has 112 valence electrons. The van der Waals surface area contributed by atoms with Crippen molar-refractivity contribution in [2.24, 2.45) is 0 Å². The highest BCUT2D eigenvalue weighted by Crippen LogP contribution is 2.26. The third-order valence-corrected chi connectivity index (χ3v) is 3.63. The number of esters is 1. The van der Waals surface area contributed by atoms with Gasteiger partial charge in [0.2, 0.25) is 0 Å². The van der Waals surface area contributed by atoms with Crippen molar-refractivity contribution in [3.8, 4) is 0 Å². The van der Waals surface area contributed by atoms with E-state index in [0.717, 1.165) is 23.1 Å². The van der Waals surface area contributed by atoms with E-state index in [-0.39, 0.29) is 12.0 Å². The summed E-state index contributed by atoms with van der Waals surface area (Å²) in [6.07, 6.45) is 0.958. The number of hydrogen-bond donors (Lipinski definition) is 1. The molecule has 0 amide bonds. The number of carbonyl (C=O) groups excluding carboxylic acids is 1. The van der Waals surface area contributed by atoms with Crippen LogP contribution in [-0.2, 0) is 15.1 Å². The molecule has 3 nitrogen and oxygen atoms in total. The number of rotatable bonds is 6. The number of carbonyl (C=O) groups is 1. The van der Waals surface area contributed by atoms with Crippen molar-refractivity contribution in [1.29, 1.82) is 0 Å². The summed E-state index contributed by atoms with van der Waals surface area (Å²) in [5.41, 5.74) is 2.47. The lowest BCUT2D eigenvalue weighted by atomic mass is 9.88. The Kier molecular flexibility index (Phi) is 5.75. The SMILES string of the molecule is CCOC(=O)C(C)(NC(C)CC)c1cc(C)cc(C)c1. The van der Waals surface area contributed by atoms with Gasteiger partial charge in [-0.2, -0.15) is 0 Å². The third-order valence-electron chi connectivity index (χ3n) is 3.63. The number of benzene rings is 1. The number of nitrogens with one attached hydrogen (secondary N) is 1. The topological polar surface area (TPSA) is 38.3 Å². The Morgan fingerprint density at radius 2 is 1.80 bits per heavy atom. The Hall–Kier alpha value is -1.35. The van der Waals surface area contributed by atoms with Crippen molar-refractivity contribution in [2.45, 2.75) is 59.5 Å². The molecule has 1 aromatic carbocycles. The van der Waals surface area contributed by atoms with Gasteiger partial charge >= 0.3 is 5.97 Å². The van der Waals surface area contributed by atoms with Gasteiger partial charge in [0.05, 0.1) is 6.61 Å². The molecule has 2 unspecified atom stereocenters. The van der Waals surface area contributed by atoms with Gasteiger partial charge in [-0.3, -0.25) is 5.32 Å². The summed E-state index contributed by atoms with van der Waals surface area (Å²) in [5, 5.41) is 3.42. The first-order valence-electron chi connectivity index (χ1n) is 7.37. The van der Waals surface area contributed by atoms with Crippen LogP contribution in [-0.4, -0.2) is 18.6 Å². The first kappa shape index (κ1) is 16.7. The Morgan fingerprint density at radius 3 is 2.25 bits per heavy atom. The van der Waals surface area contributed by atoms with Crippen LogP contribution in [0, 0.1) is 13.8 Å². The van der Waals surface area contributed by atoms with E-state index in [0.29, 0.717) is 6.61 Å². The van der Waals surface area contributed by atoms with Crippen molar-refractivity contribution in [1.82, 2.24) is 5.32 Å². The molecule has 0 aromatic heterocycles. The van der Waals surface area contributed by atoms with Crippen LogP contribution in [0.25, 0.3) is 0 Å². The molecule has 3 heteroatoms. The molecule has 0 aliphatic heterocycles. The van der Waals surface area contributed by atoms with Crippen LogP contribution in [0.2, 0.25) is 0 Å². The second-order valence-corrected chi connectivity index (χ2v) is 5.68. The number of aryl methyl sites for hydroxylation is 2. The maximum atomic E-state index is 12.5. The minimum absolute atomic E-state index is 0.217. The zero-order valence-electron chi connectivity index (χ0n) is 13.5. The second-order valence-electron chi connectivity index (χ2n) is 5.68. The standard InChI is InChI=1S/C17H27NO2/c1-7-14(5)18-17(6,16(19)20-8-2)15-10-12(3)9-13(4)11-15/h9-11,14,18H,7-8H2,1-6H3. The molecule has 0 spiro atoms. The lowest BCUT2D eigenvalue weighted by Crippen LogP contribution is -2.51. The molecule has 0 fully saturated rings. The summed E-state index contributed by atoms with van der Waals surface area (Å²) in [7, 11) is 0. The first-order valence-corrected chi connectivity index (χ1v) is 7.37. The summed E-state index contributed by atoms with van der Waals surface area (Å²) in [4.78, 5) is 12.5. The molecule has 0 aliphatic carbocycles. The van der Waals surface area contributed by atoms with Crippen LogP contribution in [0.4, 0.5) is 0 Å². The predicted molar refractivity (Wildman–Crippen MR) is 82.8 cm³/mol. The molecule has 2 atom stereocenters. The van der Waals surface area contributed by atoms with E-state index in [1.165, 1.54) is 0 Å². The average molecular weight is 277 g/mol. The minimum Gasteiger partial charge on any atom is -0.464 e. The van der Waals surface area contributed by atoms with Crippen molar-refractivity contribution in [2.75, 3.05) is 6.61 Å². The molecule has 1 N–H and O–H groups in total. The van der Waals surface area contributed by atoms with Gasteiger partial charge in [0.25, 0.3) is 0 Å². The van der Waals surface area contributed by atoms with Crippen LogP contribution < -0.4 is 5.32 Å². The maximum absolute atomic E-state index is 12.5. The van der Waals surface area contributed by atoms with Crippen LogP contribution in [0.1, 0.15) is 50.8 Å². The Bertz CT molecular complexity index is 450. The Labute approximate surface area is 122 Å². The molecule has 0 radical (unpaired) electrons. The van der Waals surface area contributed by atoms with Crippen LogP contribution in [0.15, 0.2) is 18.2 Å². The van der Waals surface area contributed by atoms with Crippen LogP contribution in [0.5, 0.6) is 0 Å². The lowest BCUT2D eigenvalue weighted by molar-refractivity contribution is -0.151. The molecular weight excluding hydrogens is 250 g/mol. The van der Waals surface area contributed by atoms with E-state index >= 15 is 0 Å². The largest absolute Gasteiger partial charge is 0.464 e. The molecule has 1 aromatic rings. The molecule has 0 saturated carbocycles. The molecule has 20 heavy (non-hydrogen) atoms. The quantitative estimate of drug-likeness (QED) is 0.809. The van der Waals surface area contributed by atoms with E-state index in [1.54, 1.807) is 0 Å². The highest BCUT2D eigenvalue weighted by atomic mass is 16.5. The molecule has 0 aliphatic rings. The lowest BCUT2D eigenvalue weighted by Gasteiger charge is -2.32. The van der Waals surface area contributed by atoms with E-state index in [2.05, 4.69) is 37.4 Å². The van der Waals surface area contributed by atoms with Crippen molar-refractivity contribution < 1.29 is 9.53 Å². The van der Waals surface area contributed by atoms with Crippen molar-refractivity contribution in [3.63, 3.8) is 0 Å². The van der Waals surface area contributed by atoms with Gasteiger partial charge in [-0.15, -0.1) is 0 Å². The molecule has 0 bridgehead atoms. The summed E-state index contributed by atoms with van der Waals surface area (Å²) in [6.45, 7) is 12.4. The second kappa shape index (κ2) is 6.89. The highest BCUT2D eigenvalue weighted by Gasteiger charge is 2.37. The van der Waals surface area contributed by atoms with E-state index in [4.69, 9.17) is 4.74 Å². The monoisotopic (exact) mass is 277 g/mol. The van der Waals surface area contributed by atoms with Gasteiger partial charge in [0.15, 0.2) is 0 Å². The summed E-state index contributed by atoms with van der Waals surface area (Å²) >= 11 is 0. The van der Waals surface area contributed by atoms with Gasteiger partial charge in [-0.25, -0.2) is 4.79 Å². The number of hydrogen-bond acceptors (Lipinski definition) is 3. The van der Waals surface area contributed by atoms with Gasteiger partial charge < -0.3 is 4.74 Å². The van der Waals surface area contributed by atoms with Crippen LogP contribution in [0.3, 0.4) is 0 Å². The summed E-state index contributed by atoms with van der Waals surface area (Å²) in [5.74, 6) is -0.217. The zero-order chi connectivity index (χ0) is 15.3. The van der Waals surface area contributed by atoms with E-state index in [1.807, 2.05) is 27.7 Å². The van der Waals surface area contributed by atoms with Crippen LogP contribution >= 0.6 is 0 Å². The molecule has 1 rings (SSSR count). The minimum atomic E-state index is -0.803. The summed E-state index contributed by atoms with van der Waals surface area (Å²) in [6, 6.07) is 6.46. The molecular formula is C17H27NO2. The van der Waals surface area contributed by atoms with Gasteiger partial charge in [-0.05, 0) is 46.6 Å². The maximum Gasteiger partial charge on any atom is 0.330 e. The third kappa shape index (κ3) is 3.83. The fourth-order valence-corrected chi connectivity index (χ4v) is 2.39. The summed E-state index contributed by atoms with van der Waals surface area (Å²) < 4.78 is 5.29. The van der Waals surface area contributed by atoms with E-state index < -0.39 is 5.54 Å².